The Bertz CT molecular complexity index is 637. The van der Waals surface area contributed by atoms with Gasteiger partial charge in [0, 0.05) is 17.9 Å². The highest BCUT2D eigenvalue weighted by Gasteiger charge is 2.23. The lowest BCUT2D eigenvalue weighted by molar-refractivity contribution is 0.436. The van der Waals surface area contributed by atoms with E-state index in [0.717, 1.165) is 43.0 Å². The molecule has 6 heteroatoms. The van der Waals surface area contributed by atoms with E-state index in [1.54, 1.807) is 6.33 Å². The first-order valence-corrected chi connectivity index (χ1v) is 8.03. The van der Waals surface area contributed by atoms with Crippen molar-refractivity contribution in [3.8, 4) is 0 Å². The normalized spacial score (nSPS) is 17.6. The first-order valence-electron chi connectivity index (χ1n) is 8.03. The zero-order chi connectivity index (χ0) is 15.7. The fraction of sp³-hybridized carbons (Fsp3) is 0.625. The molecule has 1 atom stereocenters. The second-order valence-corrected chi connectivity index (χ2v) is 6.48. The Morgan fingerprint density at radius 2 is 2.00 bits per heavy atom. The van der Waals surface area contributed by atoms with Gasteiger partial charge < -0.3 is 5.32 Å². The van der Waals surface area contributed by atoms with Gasteiger partial charge in [0.1, 0.15) is 12.2 Å². The second kappa shape index (κ2) is 6.02. The van der Waals surface area contributed by atoms with Crippen molar-refractivity contribution in [1.82, 2.24) is 24.7 Å². The predicted molar refractivity (Wildman–Crippen MR) is 85.7 cm³/mol. The van der Waals surface area contributed by atoms with Crippen molar-refractivity contribution in [2.75, 3.05) is 5.32 Å². The number of nitrogens with one attached hydrogen (secondary N) is 1. The maximum Gasteiger partial charge on any atom is 0.223 e. The highest BCUT2D eigenvalue weighted by Crippen LogP contribution is 2.26. The molecule has 0 saturated carbocycles. The van der Waals surface area contributed by atoms with Crippen molar-refractivity contribution < 1.29 is 0 Å². The fourth-order valence-electron chi connectivity index (χ4n) is 3.09. The Morgan fingerprint density at radius 1 is 1.27 bits per heavy atom. The van der Waals surface area contributed by atoms with E-state index in [4.69, 9.17) is 0 Å². The summed E-state index contributed by atoms with van der Waals surface area (Å²) >= 11 is 0. The smallest absolute Gasteiger partial charge is 0.223 e. The van der Waals surface area contributed by atoms with E-state index in [-0.39, 0.29) is 6.04 Å². The minimum atomic E-state index is 0.144. The van der Waals surface area contributed by atoms with Crippen LogP contribution in [0.3, 0.4) is 0 Å². The molecule has 0 bridgehead atoms. The van der Waals surface area contributed by atoms with E-state index >= 15 is 0 Å². The third-order valence-corrected chi connectivity index (χ3v) is 4.16. The van der Waals surface area contributed by atoms with Gasteiger partial charge in [-0.2, -0.15) is 5.10 Å². The number of hydrogen-bond donors (Lipinski definition) is 1. The van der Waals surface area contributed by atoms with Gasteiger partial charge in [-0.1, -0.05) is 13.8 Å². The van der Waals surface area contributed by atoms with Crippen LogP contribution in [-0.2, 0) is 13.0 Å². The molecule has 1 unspecified atom stereocenters. The second-order valence-electron chi connectivity index (χ2n) is 6.48. The van der Waals surface area contributed by atoms with Gasteiger partial charge in [0.25, 0.3) is 0 Å². The van der Waals surface area contributed by atoms with E-state index in [2.05, 4.69) is 53.1 Å². The molecule has 1 aliphatic heterocycles. The molecule has 2 aromatic rings. The topological polar surface area (TPSA) is 68.5 Å². The Balaban J connectivity index is 1.83. The summed E-state index contributed by atoms with van der Waals surface area (Å²) in [6.07, 6.45) is 4.78. The first kappa shape index (κ1) is 14.9. The van der Waals surface area contributed by atoms with Crippen LogP contribution in [0.1, 0.15) is 55.5 Å². The molecule has 0 aromatic carbocycles. The molecule has 0 radical (unpaired) electrons. The number of hydrogen-bond acceptors (Lipinski definition) is 5. The standard InChI is InChI=1S/C16H24N6/c1-10(2)8-13-11(3)19-16(20-12(13)4)21-14-6-5-7-22-15(14)17-9-18-22/h9-10,14H,5-8H2,1-4H3,(H,19,20,21). The summed E-state index contributed by atoms with van der Waals surface area (Å²) in [5.41, 5.74) is 3.41. The van der Waals surface area contributed by atoms with Crippen molar-refractivity contribution in [2.24, 2.45) is 5.92 Å². The third-order valence-electron chi connectivity index (χ3n) is 4.16. The molecule has 0 saturated heterocycles. The molecular weight excluding hydrogens is 276 g/mol. The van der Waals surface area contributed by atoms with E-state index in [1.807, 2.05) is 4.68 Å². The summed E-state index contributed by atoms with van der Waals surface area (Å²) in [5.74, 6) is 2.29. The lowest BCUT2D eigenvalue weighted by Gasteiger charge is -2.23. The van der Waals surface area contributed by atoms with Crippen LogP contribution in [-0.4, -0.2) is 24.7 Å². The highest BCUT2D eigenvalue weighted by atomic mass is 15.4. The number of fused-ring (bicyclic) bond motifs is 1. The molecule has 1 N–H and O–H groups in total. The minimum Gasteiger partial charge on any atom is -0.344 e. The largest absolute Gasteiger partial charge is 0.344 e. The molecule has 1 aliphatic rings. The number of rotatable bonds is 4. The molecule has 22 heavy (non-hydrogen) atoms. The first-order chi connectivity index (χ1) is 10.5. The maximum atomic E-state index is 4.66. The average molecular weight is 300 g/mol. The molecule has 2 aromatic heterocycles. The van der Waals surface area contributed by atoms with Gasteiger partial charge in [-0.3, -0.25) is 0 Å². The van der Waals surface area contributed by atoms with Crippen LogP contribution in [0.15, 0.2) is 6.33 Å². The van der Waals surface area contributed by atoms with Gasteiger partial charge in [-0.15, -0.1) is 0 Å². The third kappa shape index (κ3) is 2.96. The van der Waals surface area contributed by atoms with Crippen LogP contribution in [0.5, 0.6) is 0 Å². The Morgan fingerprint density at radius 3 is 2.68 bits per heavy atom. The van der Waals surface area contributed by atoms with Crippen molar-refractivity contribution >= 4 is 5.95 Å². The molecular formula is C16H24N6. The fourth-order valence-corrected chi connectivity index (χ4v) is 3.09. The predicted octanol–water partition coefficient (Wildman–Crippen LogP) is 2.83. The zero-order valence-corrected chi connectivity index (χ0v) is 13.8. The van der Waals surface area contributed by atoms with Crippen LogP contribution < -0.4 is 5.32 Å². The van der Waals surface area contributed by atoms with Crippen LogP contribution >= 0.6 is 0 Å². The lowest BCUT2D eigenvalue weighted by Crippen LogP contribution is -2.24. The van der Waals surface area contributed by atoms with Crippen LogP contribution in [0.4, 0.5) is 5.95 Å². The number of aromatic nitrogens is 5. The summed E-state index contributed by atoms with van der Waals surface area (Å²) in [6.45, 7) is 9.53. The number of anilines is 1. The van der Waals surface area contributed by atoms with Crippen molar-refractivity contribution in [3.63, 3.8) is 0 Å². The summed E-state index contributed by atoms with van der Waals surface area (Å²) in [5, 5.41) is 7.70. The van der Waals surface area contributed by atoms with E-state index in [9.17, 15) is 0 Å². The van der Waals surface area contributed by atoms with Gasteiger partial charge in [-0.05, 0) is 44.6 Å². The minimum absolute atomic E-state index is 0.144. The Labute approximate surface area is 131 Å². The molecule has 3 heterocycles. The average Bonchev–Trinajstić information content (AvgIpc) is 2.92. The van der Waals surface area contributed by atoms with Crippen molar-refractivity contribution in [3.05, 3.63) is 29.1 Å². The molecule has 0 fully saturated rings. The van der Waals surface area contributed by atoms with Crippen molar-refractivity contribution in [1.29, 1.82) is 0 Å². The molecule has 0 spiro atoms. The summed E-state index contributed by atoms with van der Waals surface area (Å²) in [4.78, 5) is 13.7. The zero-order valence-electron chi connectivity index (χ0n) is 13.8. The molecule has 3 rings (SSSR count). The van der Waals surface area contributed by atoms with Gasteiger partial charge in [-0.25, -0.2) is 19.6 Å². The van der Waals surface area contributed by atoms with Gasteiger partial charge >= 0.3 is 0 Å². The Hall–Kier alpha value is -1.98. The van der Waals surface area contributed by atoms with Gasteiger partial charge in [0.05, 0.1) is 6.04 Å². The number of nitrogens with zero attached hydrogens (tertiary/aromatic N) is 5. The van der Waals surface area contributed by atoms with E-state index < -0.39 is 0 Å². The quantitative estimate of drug-likeness (QED) is 0.940. The Kier molecular flexibility index (Phi) is 4.09. The van der Waals surface area contributed by atoms with E-state index in [1.165, 1.54) is 5.56 Å². The van der Waals surface area contributed by atoms with E-state index in [0.29, 0.717) is 11.9 Å². The van der Waals surface area contributed by atoms with Crippen LogP contribution in [0.2, 0.25) is 0 Å². The molecule has 0 aliphatic carbocycles. The molecule has 0 amide bonds. The monoisotopic (exact) mass is 300 g/mol. The van der Waals surface area contributed by atoms with Gasteiger partial charge in [0.15, 0.2) is 0 Å². The molecule has 6 nitrogen and oxygen atoms in total. The molecule has 118 valence electrons. The maximum absolute atomic E-state index is 4.66. The number of aryl methyl sites for hydroxylation is 3. The summed E-state index contributed by atoms with van der Waals surface area (Å²) in [6, 6.07) is 0.144. The van der Waals surface area contributed by atoms with Crippen LogP contribution in [0.25, 0.3) is 0 Å². The van der Waals surface area contributed by atoms with Gasteiger partial charge in [0.2, 0.25) is 5.95 Å². The SMILES string of the molecule is Cc1nc(NC2CCCn3ncnc32)nc(C)c1CC(C)C. The summed E-state index contributed by atoms with van der Waals surface area (Å²) < 4.78 is 1.97. The van der Waals surface area contributed by atoms with Crippen LogP contribution in [0, 0.1) is 19.8 Å². The summed E-state index contributed by atoms with van der Waals surface area (Å²) in [7, 11) is 0. The lowest BCUT2D eigenvalue weighted by atomic mass is 10.0. The highest BCUT2D eigenvalue weighted by molar-refractivity contribution is 5.35. The van der Waals surface area contributed by atoms with Crippen molar-refractivity contribution in [2.45, 2.75) is 59.5 Å².